The summed E-state index contributed by atoms with van der Waals surface area (Å²) < 4.78 is 0. The van der Waals surface area contributed by atoms with Crippen molar-refractivity contribution in [1.29, 1.82) is 0 Å². The molecule has 0 aromatic rings. The Kier molecular flexibility index (Phi) is 11.4. The highest BCUT2D eigenvalue weighted by Gasteiger charge is 2.15. The largest absolute Gasteiger partial charge is 0.480 e. The number of hydrogen-bond donors (Lipinski definition) is 6. The molecule has 10 nitrogen and oxygen atoms in total. The van der Waals surface area contributed by atoms with E-state index >= 15 is 0 Å². The molecule has 0 aromatic heterocycles. The van der Waals surface area contributed by atoms with Crippen LogP contribution in [0, 0.1) is 0 Å². The second-order valence-electron chi connectivity index (χ2n) is 3.84. The fourth-order valence-electron chi connectivity index (χ4n) is 1.09. The molecule has 0 spiro atoms. The standard InChI is InChI=1S/C6H9NO6.C4H11NO2/c8-4(9)1-7(2-5(10)11)3-6(12)13;1-3(6)5-4(2)7/h1-3H2,(H,8,9)(H,10,11)(H,12,13);3-7H,1-2H3. The zero-order valence-electron chi connectivity index (χ0n) is 11.2. The highest BCUT2D eigenvalue weighted by Crippen LogP contribution is 1.87. The average Bonchev–Trinajstić information content (AvgIpc) is 2.11. The Labute approximate surface area is 115 Å². The molecular formula is C10H20N2O8. The predicted molar refractivity (Wildman–Crippen MR) is 65.8 cm³/mol. The van der Waals surface area contributed by atoms with Crippen molar-refractivity contribution in [1.82, 2.24) is 10.2 Å². The molecule has 0 amide bonds. The summed E-state index contributed by atoms with van der Waals surface area (Å²) in [4.78, 5) is 31.2. The molecule has 20 heavy (non-hydrogen) atoms. The Morgan fingerprint density at radius 2 is 1.10 bits per heavy atom. The lowest BCUT2D eigenvalue weighted by Crippen LogP contribution is -2.38. The van der Waals surface area contributed by atoms with Crippen LogP contribution in [0.3, 0.4) is 0 Å². The molecule has 0 saturated heterocycles. The number of aliphatic hydroxyl groups excluding tert-OH is 2. The lowest BCUT2D eigenvalue weighted by molar-refractivity contribution is -0.144. The van der Waals surface area contributed by atoms with E-state index in [0.717, 1.165) is 4.90 Å². The molecule has 0 aliphatic heterocycles. The minimum absolute atomic E-state index is 0.599. The maximum Gasteiger partial charge on any atom is 0.317 e. The van der Waals surface area contributed by atoms with E-state index in [2.05, 4.69) is 5.32 Å². The number of aliphatic carboxylic acids is 3. The van der Waals surface area contributed by atoms with E-state index in [1.165, 1.54) is 0 Å². The maximum absolute atomic E-state index is 10.1. The first-order valence-corrected chi connectivity index (χ1v) is 5.54. The van der Waals surface area contributed by atoms with Crippen LogP contribution >= 0.6 is 0 Å². The molecule has 0 radical (unpaired) electrons. The molecule has 0 aliphatic rings. The SMILES string of the molecule is CC(O)NC(C)O.O=C(O)CN(CC(=O)O)CC(=O)O. The van der Waals surface area contributed by atoms with Crippen LogP contribution in [-0.2, 0) is 14.4 Å². The zero-order chi connectivity index (χ0) is 16.3. The van der Waals surface area contributed by atoms with E-state index in [1.807, 2.05) is 0 Å². The third-order valence-corrected chi connectivity index (χ3v) is 1.56. The minimum atomic E-state index is -1.26. The van der Waals surface area contributed by atoms with Crippen molar-refractivity contribution in [3.63, 3.8) is 0 Å². The molecule has 0 rings (SSSR count). The van der Waals surface area contributed by atoms with Crippen LogP contribution in [0.1, 0.15) is 13.8 Å². The summed E-state index contributed by atoms with van der Waals surface area (Å²) in [6, 6.07) is 0. The third kappa shape index (κ3) is 18.6. The molecule has 2 unspecified atom stereocenters. The Bertz CT molecular complexity index is 274. The second kappa shape index (κ2) is 11.1. The number of carboxylic acids is 3. The van der Waals surface area contributed by atoms with E-state index in [1.54, 1.807) is 13.8 Å². The zero-order valence-corrected chi connectivity index (χ0v) is 11.2. The highest BCUT2D eigenvalue weighted by atomic mass is 16.4. The topological polar surface area (TPSA) is 168 Å². The van der Waals surface area contributed by atoms with Crippen LogP contribution in [-0.4, -0.2) is 80.4 Å². The van der Waals surface area contributed by atoms with Crippen molar-refractivity contribution in [2.24, 2.45) is 0 Å². The van der Waals surface area contributed by atoms with Crippen molar-refractivity contribution in [2.75, 3.05) is 19.6 Å². The first kappa shape index (κ1) is 20.6. The molecule has 118 valence electrons. The summed E-state index contributed by atoms with van der Waals surface area (Å²) in [6.07, 6.45) is -1.25. The summed E-state index contributed by atoms with van der Waals surface area (Å²) in [5, 5.41) is 44.2. The van der Waals surface area contributed by atoms with Crippen molar-refractivity contribution < 1.29 is 39.9 Å². The Morgan fingerprint density at radius 1 is 0.850 bits per heavy atom. The van der Waals surface area contributed by atoms with Gasteiger partial charge in [-0.25, -0.2) is 0 Å². The van der Waals surface area contributed by atoms with Crippen molar-refractivity contribution in [3.05, 3.63) is 0 Å². The molecular weight excluding hydrogens is 276 g/mol. The van der Waals surface area contributed by atoms with E-state index in [4.69, 9.17) is 25.5 Å². The van der Waals surface area contributed by atoms with E-state index in [0.29, 0.717) is 0 Å². The lowest BCUT2D eigenvalue weighted by Gasteiger charge is -2.14. The summed E-state index contributed by atoms with van der Waals surface area (Å²) in [5.41, 5.74) is 0. The average molecular weight is 296 g/mol. The van der Waals surface area contributed by atoms with Crippen LogP contribution in [0.4, 0.5) is 0 Å². The number of aliphatic hydroxyl groups is 2. The summed E-state index contributed by atoms with van der Waals surface area (Å²) in [5.74, 6) is -3.78. The van der Waals surface area contributed by atoms with Crippen molar-refractivity contribution >= 4 is 17.9 Å². The van der Waals surface area contributed by atoms with Gasteiger partial charge < -0.3 is 25.5 Å². The van der Waals surface area contributed by atoms with Crippen molar-refractivity contribution in [2.45, 2.75) is 26.3 Å². The highest BCUT2D eigenvalue weighted by molar-refractivity contribution is 5.75. The maximum atomic E-state index is 10.1. The van der Waals surface area contributed by atoms with Crippen molar-refractivity contribution in [3.8, 4) is 0 Å². The van der Waals surface area contributed by atoms with E-state index in [-0.39, 0.29) is 0 Å². The third-order valence-electron chi connectivity index (χ3n) is 1.56. The molecule has 10 heteroatoms. The molecule has 0 aliphatic carbocycles. The smallest absolute Gasteiger partial charge is 0.317 e. The van der Waals surface area contributed by atoms with Gasteiger partial charge in [0.05, 0.1) is 19.6 Å². The molecule has 0 heterocycles. The fourth-order valence-corrected chi connectivity index (χ4v) is 1.09. The Balaban J connectivity index is 0. The van der Waals surface area contributed by atoms with Gasteiger partial charge in [-0.3, -0.25) is 24.6 Å². The van der Waals surface area contributed by atoms with Gasteiger partial charge >= 0.3 is 17.9 Å². The summed E-state index contributed by atoms with van der Waals surface area (Å²) in [7, 11) is 0. The van der Waals surface area contributed by atoms with Gasteiger partial charge in [0.1, 0.15) is 12.5 Å². The second-order valence-corrected chi connectivity index (χ2v) is 3.84. The van der Waals surface area contributed by atoms with Crippen LogP contribution in [0.5, 0.6) is 0 Å². The molecule has 0 saturated carbocycles. The van der Waals surface area contributed by atoms with Gasteiger partial charge in [0.25, 0.3) is 0 Å². The van der Waals surface area contributed by atoms with E-state index < -0.39 is 50.0 Å². The van der Waals surface area contributed by atoms with Gasteiger partial charge in [0, 0.05) is 0 Å². The van der Waals surface area contributed by atoms with Crippen LogP contribution in [0.15, 0.2) is 0 Å². The first-order valence-electron chi connectivity index (χ1n) is 5.54. The van der Waals surface area contributed by atoms with Gasteiger partial charge in [-0.05, 0) is 13.8 Å². The predicted octanol–water partition coefficient (Wildman–Crippen LogP) is -2.21. The monoisotopic (exact) mass is 296 g/mol. The molecule has 2 atom stereocenters. The quantitative estimate of drug-likeness (QED) is 0.270. The normalized spacial score (nSPS) is 13.1. The van der Waals surface area contributed by atoms with E-state index in [9.17, 15) is 14.4 Å². The molecule has 6 N–H and O–H groups in total. The first-order chi connectivity index (χ1) is 9.04. The Morgan fingerprint density at radius 3 is 1.20 bits per heavy atom. The number of nitrogens with one attached hydrogen (secondary N) is 1. The number of carbonyl (C=O) groups is 3. The number of hydrogen-bond acceptors (Lipinski definition) is 7. The minimum Gasteiger partial charge on any atom is -0.480 e. The van der Waals surface area contributed by atoms with Gasteiger partial charge in [0.15, 0.2) is 0 Å². The number of carboxylic acid groups (broad SMARTS) is 3. The molecule has 0 aromatic carbocycles. The van der Waals surface area contributed by atoms with Crippen LogP contribution < -0.4 is 5.32 Å². The summed E-state index contributed by atoms with van der Waals surface area (Å²) >= 11 is 0. The van der Waals surface area contributed by atoms with Gasteiger partial charge in [0.2, 0.25) is 0 Å². The lowest BCUT2D eigenvalue weighted by atomic mass is 10.4. The van der Waals surface area contributed by atoms with Gasteiger partial charge in [-0.1, -0.05) is 0 Å². The number of nitrogens with zero attached hydrogens (tertiary/aromatic N) is 1. The fraction of sp³-hybridized carbons (Fsp3) is 0.700. The number of rotatable bonds is 8. The van der Waals surface area contributed by atoms with Crippen LogP contribution in [0.25, 0.3) is 0 Å². The van der Waals surface area contributed by atoms with Crippen LogP contribution in [0.2, 0.25) is 0 Å². The molecule has 0 fully saturated rings. The Hall–Kier alpha value is -1.75. The van der Waals surface area contributed by atoms with Gasteiger partial charge in [-0.15, -0.1) is 0 Å². The van der Waals surface area contributed by atoms with Gasteiger partial charge in [-0.2, -0.15) is 0 Å². The molecule has 0 bridgehead atoms. The summed E-state index contributed by atoms with van der Waals surface area (Å²) in [6.45, 7) is 1.30.